The SMILES string of the molecule is CCN(CC)S(=O)(=O)c1ccc(NC(=O)c2cc([N+](=O)[O-])ccc2N2CCOCC2)cc1. The van der Waals surface area contributed by atoms with Crippen molar-refractivity contribution in [3.63, 3.8) is 0 Å². The second-order valence-electron chi connectivity index (χ2n) is 7.13. The molecular weight excluding hydrogens is 436 g/mol. The third-order valence-electron chi connectivity index (χ3n) is 5.24. The molecule has 0 bridgehead atoms. The van der Waals surface area contributed by atoms with Crippen LogP contribution in [0.25, 0.3) is 0 Å². The van der Waals surface area contributed by atoms with Crippen LogP contribution in [0.2, 0.25) is 0 Å². The number of rotatable bonds is 8. The van der Waals surface area contributed by atoms with Gasteiger partial charge in [-0.2, -0.15) is 4.31 Å². The number of nitrogens with one attached hydrogen (secondary N) is 1. The van der Waals surface area contributed by atoms with E-state index in [0.29, 0.717) is 50.8 Å². The smallest absolute Gasteiger partial charge is 0.270 e. The minimum atomic E-state index is -3.61. The van der Waals surface area contributed by atoms with Gasteiger partial charge in [-0.25, -0.2) is 8.42 Å². The lowest BCUT2D eigenvalue weighted by atomic mass is 10.1. The van der Waals surface area contributed by atoms with Gasteiger partial charge in [0.25, 0.3) is 11.6 Å². The number of non-ortho nitro benzene ring substituents is 1. The molecule has 1 aliphatic rings. The molecule has 1 aliphatic heterocycles. The van der Waals surface area contributed by atoms with Crippen LogP contribution < -0.4 is 10.2 Å². The van der Waals surface area contributed by atoms with Gasteiger partial charge in [0.15, 0.2) is 0 Å². The van der Waals surface area contributed by atoms with Gasteiger partial charge in [0.05, 0.1) is 34.3 Å². The normalized spacial score (nSPS) is 14.4. The van der Waals surface area contributed by atoms with Gasteiger partial charge in [-0.1, -0.05) is 13.8 Å². The third kappa shape index (κ3) is 5.06. The second kappa shape index (κ2) is 10.1. The van der Waals surface area contributed by atoms with E-state index in [1.54, 1.807) is 19.9 Å². The van der Waals surface area contributed by atoms with Crippen LogP contribution in [-0.2, 0) is 14.8 Å². The zero-order chi connectivity index (χ0) is 23.3. The molecule has 0 saturated carbocycles. The van der Waals surface area contributed by atoms with Gasteiger partial charge in [0.1, 0.15) is 0 Å². The number of hydrogen-bond acceptors (Lipinski definition) is 7. The Labute approximate surface area is 187 Å². The molecule has 2 aromatic rings. The number of nitro groups is 1. The Kier molecular flexibility index (Phi) is 7.44. The molecule has 0 spiro atoms. The monoisotopic (exact) mass is 462 g/mol. The Hall–Kier alpha value is -3.02. The molecule has 1 N–H and O–H groups in total. The molecule has 1 fully saturated rings. The van der Waals surface area contributed by atoms with E-state index in [1.807, 2.05) is 4.90 Å². The van der Waals surface area contributed by atoms with Crippen molar-refractivity contribution >= 4 is 33.0 Å². The lowest BCUT2D eigenvalue weighted by Gasteiger charge is -2.30. The molecule has 2 aromatic carbocycles. The maximum absolute atomic E-state index is 13.0. The largest absolute Gasteiger partial charge is 0.378 e. The van der Waals surface area contributed by atoms with Gasteiger partial charge in [-0.15, -0.1) is 0 Å². The number of ether oxygens (including phenoxy) is 1. The van der Waals surface area contributed by atoms with Crippen molar-refractivity contribution in [2.75, 3.05) is 49.6 Å². The van der Waals surface area contributed by atoms with Crippen LogP contribution in [0.3, 0.4) is 0 Å². The highest BCUT2D eigenvalue weighted by molar-refractivity contribution is 7.89. The highest BCUT2D eigenvalue weighted by Crippen LogP contribution is 2.28. The van der Waals surface area contributed by atoms with Crippen molar-refractivity contribution in [1.29, 1.82) is 0 Å². The van der Waals surface area contributed by atoms with Gasteiger partial charge in [0.2, 0.25) is 10.0 Å². The van der Waals surface area contributed by atoms with Crippen LogP contribution in [0.4, 0.5) is 17.1 Å². The van der Waals surface area contributed by atoms with Crippen molar-refractivity contribution in [3.05, 3.63) is 58.1 Å². The summed E-state index contributed by atoms with van der Waals surface area (Å²) in [5.41, 5.74) is 0.943. The fourth-order valence-corrected chi connectivity index (χ4v) is 4.98. The fourth-order valence-electron chi connectivity index (χ4n) is 3.52. The van der Waals surface area contributed by atoms with Crippen molar-refractivity contribution in [2.24, 2.45) is 0 Å². The summed E-state index contributed by atoms with van der Waals surface area (Å²) in [4.78, 5) is 25.8. The predicted molar refractivity (Wildman–Crippen MR) is 121 cm³/mol. The first kappa shape index (κ1) is 23.6. The molecule has 0 atom stereocenters. The van der Waals surface area contributed by atoms with E-state index >= 15 is 0 Å². The predicted octanol–water partition coefficient (Wildman–Crippen LogP) is 2.71. The van der Waals surface area contributed by atoms with E-state index in [2.05, 4.69) is 5.32 Å². The Morgan fingerprint density at radius 2 is 1.75 bits per heavy atom. The van der Waals surface area contributed by atoms with Crippen LogP contribution in [-0.4, -0.2) is 62.9 Å². The molecule has 10 nitrogen and oxygen atoms in total. The van der Waals surface area contributed by atoms with Crippen molar-refractivity contribution < 1.29 is 22.9 Å². The Balaban J connectivity index is 1.86. The summed E-state index contributed by atoms with van der Waals surface area (Å²) in [5.74, 6) is -0.519. The van der Waals surface area contributed by atoms with Gasteiger partial charge < -0.3 is 15.0 Å². The number of sulfonamides is 1. The number of morpholine rings is 1. The van der Waals surface area contributed by atoms with E-state index in [1.165, 1.54) is 40.7 Å². The topological polar surface area (TPSA) is 122 Å². The minimum Gasteiger partial charge on any atom is -0.378 e. The average Bonchev–Trinajstić information content (AvgIpc) is 2.80. The Morgan fingerprint density at radius 1 is 1.12 bits per heavy atom. The molecular formula is C21H26N4O6S. The number of benzene rings is 2. The van der Waals surface area contributed by atoms with Crippen LogP contribution in [0, 0.1) is 10.1 Å². The summed E-state index contributed by atoms with van der Waals surface area (Å²) >= 11 is 0. The highest BCUT2D eigenvalue weighted by atomic mass is 32.2. The second-order valence-corrected chi connectivity index (χ2v) is 9.06. The summed E-state index contributed by atoms with van der Waals surface area (Å²) in [6.45, 7) is 6.37. The molecule has 11 heteroatoms. The Bertz CT molecular complexity index is 1080. The molecule has 0 aromatic heterocycles. The van der Waals surface area contributed by atoms with Crippen LogP contribution >= 0.6 is 0 Å². The number of nitrogens with zero attached hydrogens (tertiary/aromatic N) is 3. The molecule has 0 unspecified atom stereocenters. The third-order valence-corrected chi connectivity index (χ3v) is 7.31. The van der Waals surface area contributed by atoms with Gasteiger partial charge in [-0.3, -0.25) is 14.9 Å². The summed E-state index contributed by atoms with van der Waals surface area (Å²) in [6, 6.07) is 10.0. The van der Waals surface area contributed by atoms with Crippen molar-refractivity contribution in [3.8, 4) is 0 Å². The summed E-state index contributed by atoms with van der Waals surface area (Å²) < 4.78 is 32.0. The first-order valence-corrected chi connectivity index (χ1v) is 11.7. The zero-order valence-corrected chi connectivity index (χ0v) is 18.8. The van der Waals surface area contributed by atoms with Crippen molar-refractivity contribution in [1.82, 2.24) is 4.31 Å². The van der Waals surface area contributed by atoms with E-state index in [-0.39, 0.29) is 16.1 Å². The highest BCUT2D eigenvalue weighted by Gasteiger charge is 2.23. The van der Waals surface area contributed by atoms with E-state index < -0.39 is 20.9 Å². The molecule has 1 amide bonds. The van der Waals surface area contributed by atoms with E-state index in [9.17, 15) is 23.3 Å². The molecule has 3 rings (SSSR count). The summed E-state index contributed by atoms with van der Waals surface area (Å²) in [6.07, 6.45) is 0. The lowest BCUT2D eigenvalue weighted by molar-refractivity contribution is -0.384. The Morgan fingerprint density at radius 3 is 2.31 bits per heavy atom. The first-order chi connectivity index (χ1) is 15.3. The molecule has 172 valence electrons. The number of hydrogen-bond donors (Lipinski definition) is 1. The van der Waals surface area contributed by atoms with Crippen LogP contribution in [0.5, 0.6) is 0 Å². The molecule has 32 heavy (non-hydrogen) atoms. The molecule has 0 radical (unpaired) electrons. The quantitative estimate of drug-likeness (QED) is 0.473. The minimum absolute atomic E-state index is 0.128. The number of nitro benzene ring substituents is 1. The lowest BCUT2D eigenvalue weighted by Crippen LogP contribution is -2.37. The molecule has 0 aliphatic carbocycles. The van der Waals surface area contributed by atoms with Gasteiger partial charge in [0, 0.05) is 44.0 Å². The zero-order valence-electron chi connectivity index (χ0n) is 18.0. The van der Waals surface area contributed by atoms with E-state index in [4.69, 9.17) is 4.74 Å². The summed E-state index contributed by atoms with van der Waals surface area (Å²) in [7, 11) is -3.61. The molecule has 1 saturated heterocycles. The van der Waals surface area contributed by atoms with E-state index in [0.717, 1.165) is 0 Å². The first-order valence-electron chi connectivity index (χ1n) is 10.3. The van der Waals surface area contributed by atoms with Gasteiger partial charge in [-0.05, 0) is 30.3 Å². The maximum atomic E-state index is 13.0. The van der Waals surface area contributed by atoms with Crippen LogP contribution in [0.1, 0.15) is 24.2 Å². The number of amides is 1. The number of anilines is 2. The average molecular weight is 463 g/mol. The number of carbonyl (C=O) groups excluding carboxylic acids is 1. The number of carbonyl (C=O) groups is 1. The van der Waals surface area contributed by atoms with Crippen LogP contribution in [0.15, 0.2) is 47.4 Å². The molecule has 1 heterocycles. The fraction of sp³-hybridized carbons (Fsp3) is 0.381. The van der Waals surface area contributed by atoms with Gasteiger partial charge >= 0.3 is 0 Å². The summed E-state index contributed by atoms with van der Waals surface area (Å²) in [5, 5.41) is 13.9. The maximum Gasteiger partial charge on any atom is 0.270 e. The standard InChI is InChI=1S/C21H26N4O6S/c1-3-24(4-2)32(29,30)18-8-5-16(6-9-18)22-21(26)19-15-17(25(27)28)7-10-20(19)23-11-13-31-14-12-23/h5-10,15H,3-4,11-14H2,1-2H3,(H,22,26). The van der Waals surface area contributed by atoms with Crippen molar-refractivity contribution in [2.45, 2.75) is 18.7 Å².